The van der Waals surface area contributed by atoms with Crippen molar-refractivity contribution in [2.75, 3.05) is 11.4 Å². The molecule has 0 radical (unpaired) electrons. The zero-order chi connectivity index (χ0) is 14.2. The van der Waals surface area contributed by atoms with Crippen molar-refractivity contribution in [3.63, 3.8) is 0 Å². The lowest BCUT2D eigenvalue weighted by molar-refractivity contribution is 0.489. The van der Waals surface area contributed by atoms with Gasteiger partial charge in [0, 0.05) is 18.3 Å². The third kappa shape index (κ3) is 2.57. The zero-order valence-electron chi connectivity index (χ0n) is 12.3. The summed E-state index contributed by atoms with van der Waals surface area (Å²) < 4.78 is 0. The van der Waals surface area contributed by atoms with E-state index in [4.69, 9.17) is 11.1 Å². The van der Waals surface area contributed by atoms with E-state index in [2.05, 4.69) is 23.7 Å². The molecule has 0 aliphatic carbocycles. The smallest absolute Gasteiger partial charge is 0.140 e. The molecule has 1 fully saturated rings. The number of nitrogens with zero attached hydrogens (tertiary/aromatic N) is 2. The van der Waals surface area contributed by atoms with Crippen LogP contribution in [0.1, 0.15) is 43.5 Å². The van der Waals surface area contributed by atoms with Crippen LogP contribution in [-0.2, 0) is 0 Å². The molecule has 1 aromatic rings. The van der Waals surface area contributed by atoms with Crippen molar-refractivity contribution in [3.05, 3.63) is 22.9 Å². The molecular weight excluding hydrogens is 236 g/mol. The van der Waals surface area contributed by atoms with Gasteiger partial charge in [-0.1, -0.05) is 13.8 Å². The lowest BCUT2D eigenvalue weighted by atomic mass is 10.0. The van der Waals surface area contributed by atoms with Crippen molar-refractivity contribution in [2.24, 2.45) is 11.7 Å². The number of nitrogens with two attached hydrogens (primary N) is 1. The van der Waals surface area contributed by atoms with Gasteiger partial charge in [-0.15, -0.1) is 0 Å². The molecule has 1 aromatic heterocycles. The molecule has 0 bridgehead atoms. The average Bonchev–Trinajstić information content (AvgIpc) is 2.75. The summed E-state index contributed by atoms with van der Waals surface area (Å²) in [5.74, 6) is 1.61. The Morgan fingerprint density at radius 3 is 2.74 bits per heavy atom. The molecular formula is C15H24N4. The number of hydrogen-bond donors (Lipinski definition) is 2. The number of aryl methyl sites for hydroxylation is 2. The lowest BCUT2D eigenvalue weighted by Crippen LogP contribution is -2.36. The van der Waals surface area contributed by atoms with E-state index >= 15 is 0 Å². The number of nitrogen functional groups attached to an aromatic ring is 1. The second-order valence-corrected chi connectivity index (χ2v) is 5.84. The Labute approximate surface area is 115 Å². The first-order valence-corrected chi connectivity index (χ1v) is 7.01. The maximum atomic E-state index is 7.84. The van der Waals surface area contributed by atoms with Crippen LogP contribution in [0, 0.1) is 25.2 Å². The maximum Gasteiger partial charge on any atom is 0.140 e. The highest BCUT2D eigenvalue weighted by Crippen LogP contribution is 2.32. The largest absolute Gasteiger partial charge is 0.384 e. The molecule has 104 valence electrons. The quantitative estimate of drug-likeness (QED) is 0.648. The van der Waals surface area contributed by atoms with E-state index in [1.807, 2.05) is 19.9 Å². The van der Waals surface area contributed by atoms with Gasteiger partial charge >= 0.3 is 0 Å². The van der Waals surface area contributed by atoms with Gasteiger partial charge in [-0.3, -0.25) is 5.41 Å². The van der Waals surface area contributed by atoms with Crippen molar-refractivity contribution < 1.29 is 0 Å². The number of aromatic nitrogens is 1. The Morgan fingerprint density at radius 2 is 2.16 bits per heavy atom. The van der Waals surface area contributed by atoms with E-state index < -0.39 is 0 Å². The van der Waals surface area contributed by atoms with Crippen molar-refractivity contribution in [2.45, 2.75) is 46.6 Å². The van der Waals surface area contributed by atoms with E-state index in [0.717, 1.165) is 29.2 Å². The second kappa shape index (κ2) is 5.19. The normalized spacial score (nSPS) is 19.2. The Balaban J connectivity index is 2.51. The van der Waals surface area contributed by atoms with Crippen LogP contribution in [0.25, 0.3) is 0 Å². The SMILES string of the molecule is Cc1cc(C)c(C(=N)N)c(N2CCCC2C(C)C)n1. The van der Waals surface area contributed by atoms with Crippen LogP contribution >= 0.6 is 0 Å². The van der Waals surface area contributed by atoms with Crippen LogP contribution in [0.3, 0.4) is 0 Å². The molecule has 0 saturated carbocycles. The molecule has 0 spiro atoms. The monoisotopic (exact) mass is 260 g/mol. The summed E-state index contributed by atoms with van der Waals surface area (Å²) >= 11 is 0. The highest BCUT2D eigenvalue weighted by Gasteiger charge is 2.30. The summed E-state index contributed by atoms with van der Waals surface area (Å²) in [4.78, 5) is 7.02. The summed E-state index contributed by atoms with van der Waals surface area (Å²) in [6.45, 7) is 9.52. The maximum absolute atomic E-state index is 7.84. The number of pyridine rings is 1. The highest BCUT2D eigenvalue weighted by atomic mass is 15.2. The third-order valence-electron chi connectivity index (χ3n) is 3.94. The van der Waals surface area contributed by atoms with E-state index in [1.165, 1.54) is 12.8 Å². The van der Waals surface area contributed by atoms with E-state index in [1.54, 1.807) is 0 Å². The van der Waals surface area contributed by atoms with Gasteiger partial charge in [0.1, 0.15) is 11.7 Å². The first kappa shape index (κ1) is 13.8. The van der Waals surface area contributed by atoms with Gasteiger partial charge in [0.15, 0.2) is 0 Å². The fraction of sp³-hybridized carbons (Fsp3) is 0.600. The van der Waals surface area contributed by atoms with Crippen LogP contribution in [0.15, 0.2) is 6.07 Å². The summed E-state index contributed by atoms with van der Waals surface area (Å²) in [5, 5.41) is 7.84. The van der Waals surface area contributed by atoms with Gasteiger partial charge in [0.05, 0.1) is 5.56 Å². The number of anilines is 1. The van der Waals surface area contributed by atoms with Crippen molar-refractivity contribution in [1.29, 1.82) is 5.41 Å². The molecule has 1 aliphatic heterocycles. The minimum Gasteiger partial charge on any atom is -0.384 e. The minimum absolute atomic E-state index is 0.120. The lowest BCUT2D eigenvalue weighted by Gasteiger charge is -2.31. The summed E-state index contributed by atoms with van der Waals surface area (Å²) in [5.41, 5.74) is 8.61. The fourth-order valence-electron chi connectivity index (χ4n) is 3.11. The van der Waals surface area contributed by atoms with Crippen molar-refractivity contribution in [1.82, 2.24) is 4.98 Å². The van der Waals surface area contributed by atoms with Crippen LogP contribution in [0.2, 0.25) is 0 Å². The first-order valence-electron chi connectivity index (χ1n) is 7.01. The number of nitrogens with one attached hydrogen (secondary N) is 1. The Bertz CT molecular complexity index is 493. The third-order valence-corrected chi connectivity index (χ3v) is 3.94. The summed E-state index contributed by atoms with van der Waals surface area (Å²) in [6.07, 6.45) is 2.39. The Kier molecular flexibility index (Phi) is 3.78. The number of hydrogen-bond acceptors (Lipinski definition) is 3. The topological polar surface area (TPSA) is 66.0 Å². The van der Waals surface area contributed by atoms with Crippen molar-refractivity contribution >= 4 is 11.7 Å². The predicted molar refractivity (Wildman–Crippen MR) is 79.9 cm³/mol. The van der Waals surface area contributed by atoms with Crippen LogP contribution in [0.4, 0.5) is 5.82 Å². The molecule has 19 heavy (non-hydrogen) atoms. The first-order chi connectivity index (χ1) is 8.91. The minimum atomic E-state index is 0.120. The zero-order valence-corrected chi connectivity index (χ0v) is 12.3. The van der Waals surface area contributed by atoms with E-state index in [9.17, 15) is 0 Å². The molecule has 1 atom stereocenters. The molecule has 1 unspecified atom stereocenters. The number of rotatable bonds is 3. The van der Waals surface area contributed by atoms with Gasteiger partial charge < -0.3 is 10.6 Å². The van der Waals surface area contributed by atoms with Crippen LogP contribution in [-0.4, -0.2) is 23.4 Å². The van der Waals surface area contributed by atoms with Crippen LogP contribution < -0.4 is 10.6 Å². The van der Waals surface area contributed by atoms with Gasteiger partial charge in [0.25, 0.3) is 0 Å². The fourth-order valence-corrected chi connectivity index (χ4v) is 3.11. The predicted octanol–water partition coefficient (Wildman–Crippen LogP) is 2.61. The molecule has 2 heterocycles. The summed E-state index contributed by atoms with van der Waals surface area (Å²) in [7, 11) is 0. The van der Waals surface area contributed by atoms with Crippen LogP contribution in [0.5, 0.6) is 0 Å². The van der Waals surface area contributed by atoms with E-state index in [0.29, 0.717) is 12.0 Å². The van der Waals surface area contributed by atoms with Crippen molar-refractivity contribution in [3.8, 4) is 0 Å². The second-order valence-electron chi connectivity index (χ2n) is 5.84. The Hall–Kier alpha value is -1.58. The van der Waals surface area contributed by atoms with Gasteiger partial charge in [-0.05, 0) is 44.2 Å². The molecule has 1 aliphatic rings. The van der Waals surface area contributed by atoms with Gasteiger partial charge in [0.2, 0.25) is 0 Å². The molecule has 4 heteroatoms. The van der Waals surface area contributed by atoms with Gasteiger partial charge in [-0.2, -0.15) is 0 Å². The highest BCUT2D eigenvalue weighted by molar-refractivity contribution is 6.01. The van der Waals surface area contributed by atoms with E-state index in [-0.39, 0.29) is 5.84 Å². The molecule has 4 nitrogen and oxygen atoms in total. The average molecular weight is 260 g/mol. The molecule has 1 saturated heterocycles. The van der Waals surface area contributed by atoms with Gasteiger partial charge in [-0.25, -0.2) is 4.98 Å². The molecule has 3 N–H and O–H groups in total. The molecule has 0 aromatic carbocycles. The molecule has 2 rings (SSSR count). The standard InChI is InChI=1S/C15H24N4/c1-9(2)12-6-5-7-19(12)15-13(14(16)17)10(3)8-11(4)18-15/h8-9,12H,5-7H2,1-4H3,(H3,16,17). The molecule has 0 amide bonds. The summed E-state index contributed by atoms with van der Waals surface area (Å²) in [6, 6.07) is 2.51. The number of amidine groups is 1. The Morgan fingerprint density at radius 1 is 1.47 bits per heavy atom.